The molecule has 0 spiro atoms. The molecule has 1 aliphatic rings. The summed E-state index contributed by atoms with van der Waals surface area (Å²) in [5.41, 5.74) is 2.98. The van der Waals surface area contributed by atoms with Crippen LogP contribution >= 0.6 is 0 Å². The first-order valence-electron chi connectivity index (χ1n) is 8.27. The summed E-state index contributed by atoms with van der Waals surface area (Å²) in [7, 11) is 0. The zero-order valence-electron chi connectivity index (χ0n) is 13.5. The number of rotatable bonds is 2. The maximum absolute atomic E-state index is 5.59. The van der Waals surface area contributed by atoms with Crippen molar-refractivity contribution < 1.29 is 4.42 Å². The van der Waals surface area contributed by atoms with E-state index in [-0.39, 0.29) is 0 Å². The lowest BCUT2D eigenvalue weighted by Crippen LogP contribution is -2.47. The van der Waals surface area contributed by atoms with Crippen molar-refractivity contribution in [3.05, 3.63) is 49.2 Å². The van der Waals surface area contributed by atoms with Crippen LogP contribution in [0.5, 0.6) is 0 Å². The van der Waals surface area contributed by atoms with E-state index in [9.17, 15) is 0 Å². The molecule has 124 valence electrons. The molecule has 25 heavy (non-hydrogen) atoms. The van der Waals surface area contributed by atoms with Gasteiger partial charge in [-0.05, 0) is 24.3 Å². The van der Waals surface area contributed by atoms with Gasteiger partial charge in [0.2, 0.25) is 0 Å². The first-order chi connectivity index (χ1) is 12.4. The van der Waals surface area contributed by atoms with E-state index in [4.69, 9.17) is 4.42 Å². The Morgan fingerprint density at radius 1 is 0.920 bits per heavy atom. The Labute approximate surface area is 143 Å². The van der Waals surface area contributed by atoms with Gasteiger partial charge in [-0.2, -0.15) is 5.10 Å². The van der Waals surface area contributed by atoms with E-state index in [1.807, 2.05) is 18.3 Å². The van der Waals surface area contributed by atoms with E-state index < -0.39 is 0 Å². The maximum atomic E-state index is 5.59. The van der Waals surface area contributed by atoms with E-state index >= 15 is 0 Å². The molecule has 7 nitrogen and oxygen atoms in total. The fourth-order valence-corrected chi connectivity index (χ4v) is 3.35. The normalized spacial score (nSPS) is 15.2. The molecule has 5 rings (SSSR count). The van der Waals surface area contributed by atoms with Crippen LogP contribution in [0.3, 0.4) is 0 Å². The van der Waals surface area contributed by atoms with Crippen LogP contribution in [-0.2, 0) is 0 Å². The Morgan fingerprint density at radius 3 is 2.72 bits per heavy atom. The third-order valence-electron chi connectivity index (χ3n) is 4.68. The highest BCUT2D eigenvalue weighted by molar-refractivity contribution is 5.86. The number of aromatic nitrogens is 4. The van der Waals surface area contributed by atoms with E-state index in [0.29, 0.717) is 0 Å². The van der Waals surface area contributed by atoms with Gasteiger partial charge in [0.25, 0.3) is 0 Å². The van der Waals surface area contributed by atoms with Crippen LogP contribution in [0.4, 0.5) is 11.5 Å². The Morgan fingerprint density at radius 2 is 1.80 bits per heavy atom. The van der Waals surface area contributed by atoms with Crippen LogP contribution in [0.15, 0.2) is 53.7 Å². The highest BCUT2D eigenvalue weighted by Crippen LogP contribution is 2.27. The lowest BCUT2D eigenvalue weighted by molar-refractivity contribution is 0.599. The summed E-state index contributed by atoms with van der Waals surface area (Å²) in [5, 5.41) is 10.4. The van der Waals surface area contributed by atoms with Crippen molar-refractivity contribution in [2.24, 2.45) is 0 Å². The average molecular weight is 332 g/mol. The Hall–Kier alpha value is -3.22. The van der Waals surface area contributed by atoms with Gasteiger partial charge in [0.15, 0.2) is 11.4 Å². The zero-order valence-corrected chi connectivity index (χ0v) is 13.5. The van der Waals surface area contributed by atoms with E-state index in [1.54, 1.807) is 18.8 Å². The minimum atomic E-state index is 0.811. The van der Waals surface area contributed by atoms with Gasteiger partial charge < -0.3 is 14.2 Å². The van der Waals surface area contributed by atoms with E-state index in [1.165, 1.54) is 5.69 Å². The smallest absolute Gasteiger partial charge is 0.195 e. The number of piperazine rings is 1. The van der Waals surface area contributed by atoms with Crippen molar-refractivity contribution >= 4 is 33.4 Å². The van der Waals surface area contributed by atoms with Gasteiger partial charge in [-0.25, -0.2) is 9.97 Å². The standard InChI is InChI=1S/C18H16N6O/c1-2-16-14(10-19-12-20-16)9-15(1)23-4-6-24(7-5-23)18-17-13(3-8-25-17)11-21-22-18/h1-3,8-12H,4-7H2. The van der Waals surface area contributed by atoms with Crippen LogP contribution in [0.1, 0.15) is 0 Å². The SMILES string of the molecule is c1ncc2cc(N3CCN(c4nncc5ccoc45)CC3)ccc2n1. The number of fused-ring (bicyclic) bond motifs is 2. The number of anilines is 2. The maximum Gasteiger partial charge on any atom is 0.195 e. The zero-order chi connectivity index (χ0) is 16.6. The Balaban J connectivity index is 1.37. The van der Waals surface area contributed by atoms with Crippen molar-refractivity contribution in [3.63, 3.8) is 0 Å². The van der Waals surface area contributed by atoms with E-state index in [0.717, 1.165) is 53.9 Å². The summed E-state index contributed by atoms with van der Waals surface area (Å²) < 4.78 is 5.59. The van der Waals surface area contributed by atoms with Gasteiger partial charge in [0, 0.05) is 48.8 Å². The molecule has 0 saturated carbocycles. The topological polar surface area (TPSA) is 71.2 Å². The molecule has 0 radical (unpaired) electrons. The van der Waals surface area contributed by atoms with Gasteiger partial charge in [-0.3, -0.25) is 0 Å². The Kier molecular flexibility index (Phi) is 3.22. The third kappa shape index (κ3) is 2.44. The summed E-state index contributed by atoms with van der Waals surface area (Å²) in [6, 6.07) is 8.24. The molecule has 1 aliphatic heterocycles. The van der Waals surface area contributed by atoms with Crippen LogP contribution in [0.25, 0.3) is 21.9 Å². The molecule has 4 heterocycles. The minimum Gasteiger partial charge on any atom is -0.460 e. The van der Waals surface area contributed by atoms with Crippen LogP contribution < -0.4 is 9.80 Å². The van der Waals surface area contributed by atoms with Crippen molar-refractivity contribution in [1.82, 2.24) is 20.2 Å². The highest BCUT2D eigenvalue weighted by Gasteiger charge is 2.21. The number of hydrogen-bond donors (Lipinski definition) is 0. The first kappa shape index (κ1) is 14.2. The van der Waals surface area contributed by atoms with Crippen LogP contribution in [0, 0.1) is 0 Å². The average Bonchev–Trinajstić information content (AvgIpc) is 3.17. The molecular weight excluding hydrogens is 316 g/mol. The predicted octanol–water partition coefficient (Wildman–Crippen LogP) is 2.49. The first-order valence-corrected chi connectivity index (χ1v) is 8.27. The van der Waals surface area contributed by atoms with Gasteiger partial charge >= 0.3 is 0 Å². The molecule has 3 aromatic heterocycles. The number of furan rings is 1. The monoisotopic (exact) mass is 332 g/mol. The molecule has 1 aromatic carbocycles. The lowest BCUT2D eigenvalue weighted by atomic mass is 10.2. The molecule has 0 aliphatic carbocycles. The quantitative estimate of drug-likeness (QED) is 0.558. The molecular formula is C18H16N6O. The van der Waals surface area contributed by atoms with E-state index in [2.05, 4.69) is 42.1 Å². The third-order valence-corrected chi connectivity index (χ3v) is 4.68. The molecule has 1 fully saturated rings. The van der Waals surface area contributed by atoms with Gasteiger partial charge in [0.05, 0.1) is 18.0 Å². The second kappa shape index (κ2) is 5.70. The summed E-state index contributed by atoms with van der Waals surface area (Å²) in [6.45, 7) is 3.57. The fraction of sp³-hybridized carbons (Fsp3) is 0.222. The molecule has 4 aromatic rings. The second-order valence-corrected chi connectivity index (χ2v) is 6.11. The van der Waals surface area contributed by atoms with Crippen molar-refractivity contribution in [3.8, 4) is 0 Å². The number of benzene rings is 1. The second-order valence-electron chi connectivity index (χ2n) is 6.11. The molecule has 7 heteroatoms. The van der Waals surface area contributed by atoms with Crippen LogP contribution in [0.2, 0.25) is 0 Å². The minimum absolute atomic E-state index is 0.811. The molecule has 0 bridgehead atoms. The molecule has 0 unspecified atom stereocenters. The summed E-state index contributed by atoms with van der Waals surface area (Å²) in [5.74, 6) is 0.828. The number of hydrogen-bond acceptors (Lipinski definition) is 7. The lowest BCUT2D eigenvalue weighted by Gasteiger charge is -2.36. The summed E-state index contributed by atoms with van der Waals surface area (Å²) >= 11 is 0. The molecule has 0 amide bonds. The molecule has 1 saturated heterocycles. The Bertz CT molecular complexity index is 1040. The molecule has 0 N–H and O–H groups in total. The summed E-state index contributed by atoms with van der Waals surface area (Å²) in [6.07, 6.45) is 6.85. The van der Waals surface area contributed by atoms with Crippen LogP contribution in [-0.4, -0.2) is 46.3 Å². The van der Waals surface area contributed by atoms with Gasteiger partial charge in [-0.1, -0.05) is 0 Å². The molecule has 0 atom stereocenters. The fourth-order valence-electron chi connectivity index (χ4n) is 3.35. The largest absolute Gasteiger partial charge is 0.460 e. The predicted molar refractivity (Wildman–Crippen MR) is 95.8 cm³/mol. The van der Waals surface area contributed by atoms with Crippen molar-refractivity contribution in [2.45, 2.75) is 0 Å². The van der Waals surface area contributed by atoms with Crippen molar-refractivity contribution in [1.29, 1.82) is 0 Å². The van der Waals surface area contributed by atoms with Gasteiger partial charge in [0.1, 0.15) is 6.33 Å². The van der Waals surface area contributed by atoms with Gasteiger partial charge in [-0.15, -0.1) is 5.10 Å². The number of nitrogens with zero attached hydrogens (tertiary/aromatic N) is 6. The van der Waals surface area contributed by atoms with Crippen molar-refractivity contribution in [2.75, 3.05) is 36.0 Å². The highest BCUT2D eigenvalue weighted by atomic mass is 16.3. The summed E-state index contributed by atoms with van der Waals surface area (Å²) in [4.78, 5) is 13.0.